The number of halogens is 2. The van der Waals surface area contributed by atoms with Gasteiger partial charge in [0, 0.05) is 12.5 Å². The van der Waals surface area contributed by atoms with Crippen LogP contribution in [0.1, 0.15) is 12.5 Å². The van der Waals surface area contributed by atoms with E-state index >= 15 is 0 Å². The lowest BCUT2D eigenvalue weighted by Gasteiger charge is -2.02. The average Bonchev–Trinajstić information content (AvgIpc) is 2.25. The predicted octanol–water partition coefficient (Wildman–Crippen LogP) is 3.25. The van der Waals surface area contributed by atoms with Crippen LogP contribution in [0.15, 0.2) is 35.0 Å². The van der Waals surface area contributed by atoms with Gasteiger partial charge in [-0.05, 0) is 34.5 Å². The maximum atomic E-state index is 13.1. The van der Waals surface area contributed by atoms with E-state index in [1.807, 2.05) is 6.92 Å². The Labute approximate surface area is 102 Å². The second kappa shape index (κ2) is 6.43. The third-order valence-electron chi connectivity index (χ3n) is 1.91. The molecule has 0 saturated carbocycles. The molecular weight excluding hydrogens is 275 g/mol. The van der Waals surface area contributed by atoms with E-state index in [0.717, 1.165) is 0 Å². The maximum Gasteiger partial charge on any atom is 0.163 e. The first-order valence-corrected chi connectivity index (χ1v) is 5.68. The fraction of sp³-hybridized carbons (Fsp3) is 0.250. The second-order valence-corrected chi connectivity index (χ2v) is 3.91. The molecule has 0 heterocycles. The highest BCUT2D eigenvalue weighted by Gasteiger charge is 2.07. The van der Waals surface area contributed by atoms with Crippen molar-refractivity contribution in [3.8, 4) is 0 Å². The van der Waals surface area contributed by atoms with Gasteiger partial charge in [0.25, 0.3) is 0 Å². The molecule has 2 nitrogen and oxygen atoms in total. The summed E-state index contributed by atoms with van der Waals surface area (Å²) >= 11 is 3.11. The molecule has 0 bridgehead atoms. The van der Waals surface area contributed by atoms with E-state index in [9.17, 15) is 9.18 Å². The quantitative estimate of drug-likeness (QED) is 0.614. The first-order chi connectivity index (χ1) is 7.65. The van der Waals surface area contributed by atoms with Gasteiger partial charge >= 0.3 is 0 Å². The molecule has 1 rings (SSSR count). The van der Waals surface area contributed by atoms with Crippen molar-refractivity contribution in [1.29, 1.82) is 0 Å². The van der Waals surface area contributed by atoms with Crippen molar-refractivity contribution in [2.24, 2.45) is 0 Å². The monoisotopic (exact) mass is 286 g/mol. The Morgan fingerprint density at radius 3 is 3.00 bits per heavy atom. The molecule has 1 aromatic carbocycles. The van der Waals surface area contributed by atoms with Gasteiger partial charge < -0.3 is 4.74 Å². The number of hydrogen-bond acceptors (Lipinski definition) is 2. The number of ether oxygens (including phenoxy) is 1. The Hall–Kier alpha value is -1.16. The van der Waals surface area contributed by atoms with Gasteiger partial charge in [-0.25, -0.2) is 4.39 Å². The molecule has 0 spiro atoms. The van der Waals surface area contributed by atoms with Crippen LogP contribution in [0, 0.1) is 5.82 Å². The van der Waals surface area contributed by atoms with Crippen LogP contribution >= 0.6 is 15.9 Å². The topological polar surface area (TPSA) is 26.3 Å². The third-order valence-corrected chi connectivity index (χ3v) is 2.80. The van der Waals surface area contributed by atoms with Gasteiger partial charge in [-0.15, -0.1) is 0 Å². The number of rotatable bonds is 5. The Bertz CT molecular complexity index is 402. The Morgan fingerprint density at radius 1 is 1.56 bits per heavy atom. The minimum Gasteiger partial charge on any atom is -0.501 e. The van der Waals surface area contributed by atoms with Crippen molar-refractivity contribution < 1.29 is 13.9 Å². The Kier molecular flexibility index (Phi) is 5.19. The van der Waals surface area contributed by atoms with Crippen molar-refractivity contribution in [3.63, 3.8) is 0 Å². The number of carbonyl (C=O) groups excluding carboxylic acids is 1. The molecule has 0 radical (unpaired) electrons. The van der Waals surface area contributed by atoms with Crippen LogP contribution in [0.2, 0.25) is 0 Å². The van der Waals surface area contributed by atoms with Gasteiger partial charge in [-0.2, -0.15) is 0 Å². The van der Waals surface area contributed by atoms with Crippen LogP contribution in [0.4, 0.5) is 4.39 Å². The maximum absolute atomic E-state index is 13.1. The van der Waals surface area contributed by atoms with E-state index in [0.29, 0.717) is 16.6 Å². The summed E-state index contributed by atoms with van der Waals surface area (Å²) in [5.74, 6) is -0.487. The molecule has 86 valence electrons. The zero-order valence-electron chi connectivity index (χ0n) is 8.87. The second-order valence-electron chi connectivity index (χ2n) is 3.11. The van der Waals surface area contributed by atoms with Crippen molar-refractivity contribution in [3.05, 3.63) is 46.4 Å². The van der Waals surface area contributed by atoms with E-state index in [1.165, 1.54) is 18.4 Å². The molecule has 0 fully saturated rings. The highest BCUT2D eigenvalue weighted by molar-refractivity contribution is 9.10. The SMILES string of the molecule is CCO/C=C/C(=O)Cc1cccc(F)c1Br. The smallest absolute Gasteiger partial charge is 0.163 e. The summed E-state index contributed by atoms with van der Waals surface area (Å²) in [6.45, 7) is 2.35. The highest BCUT2D eigenvalue weighted by Crippen LogP contribution is 2.20. The molecule has 16 heavy (non-hydrogen) atoms. The Morgan fingerprint density at radius 2 is 2.31 bits per heavy atom. The minimum atomic E-state index is -0.362. The minimum absolute atomic E-state index is 0.125. The predicted molar refractivity (Wildman–Crippen MR) is 63.6 cm³/mol. The van der Waals surface area contributed by atoms with E-state index in [-0.39, 0.29) is 18.0 Å². The Balaban J connectivity index is 2.66. The molecule has 0 aliphatic heterocycles. The van der Waals surface area contributed by atoms with Crippen LogP contribution in [0.3, 0.4) is 0 Å². The summed E-state index contributed by atoms with van der Waals surface area (Å²) in [7, 11) is 0. The number of hydrogen-bond donors (Lipinski definition) is 0. The third kappa shape index (κ3) is 3.77. The summed E-state index contributed by atoms with van der Waals surface area (Å²) in [6.07, 6.45) is 2.86. The van der Waals surface area contributed by atoms with Crippen LogP contribution in [-0.2, 0) is 16.0 Å². The molecule has 0 aliphatic rings. The van der Waals surface area contributed by atoms with Crippen molar-refractivity contribution in [2.45, 2.75) is 13.3 Å². The van der Waals surface area contributed by atoms with Gasteiger partial charge in [0.1, 0.15) is 5.82 Å². The fourth-order valence-corrected chi connectivity index (χ4v) is 1.56. The summed E-state index contributed by atoms with van der Waals surface area (Å²) in [6, 6.07) is 4.63. The summed E-state index contributed by atoms with van der Waals surface area (Å²) in [5, 5.41) is 0. The molecule has 0 atom stereocenters. The molecule has 0 unspecified atom stereocenters. The standard InChI is InChI=1S/C12H12BrFO2/c1-2-16-7-6-10(15)8-9-4-3-5-11(14)12(9)13/h3-7H,2,8H2,1H3/b7-6+. The van der Waals surface area contributed by atoms with Crippen molar-refractivity contribution in [1.82, 2.24) is 0 Å². The molecular formula is C12H12BrFO2. The number of allylic oxidation sites excluding steroid dienone is 1. The molecule has 0 saturated heterocycles. The van der Waals surface area contributed by atoms with E-state index < -0.39 is 0 Å². The molecule has 4 heteroatoms. The average molecular weight is 287 g/mol. The van der Waals surface area contributed by atoms with Gasteiger partial charge in [-0.3, -0.25) is 4.79 Å². The first-order valence-electron chi connectivity index (χ1n) is 4.89. The molecule has 0 aliphatic carbocycles. The van der Waals surface area contributed by atoms with Gasteiger partial charge in [0.05, 0.1) is 17.3 Å². The number of ketones is 1. The molecule has 1 aromatic rings. The highest BCUT2D eigenvalue weighted by atomic mass is 79.9. The fourth-order valence-electron chi connectivity index (χ4n) is 1.15. The van der Waals surface area contributed by atoms with Gasteiger partial charge in [0.2, 0.25) is 0 Å². The van der Waals surface area contributed by atoms with Crippen LogP contribution in [0.5, 0.6) is 0 Å². The van der Waals surface area contributed by atoms with E-state index in [2.05, 4.69) is 15.9 Å². The van der Waals surface area contributed by atoms with Gasteiger partial charge in [-0.1, -0.05) is 12.1 Å². The van der Waals surface area contributed by atoms with Crippen LogP contribution in [0.25, 0.3) is 0 Å². The van der Waals surface area contributed by atoms with Crippen LogP contribution < -0.4 is 0 Å². The lowest BCUT2D eigenvalue weighted by atomic mass is 10.1. The van der Waals surface area contributed by atoms with Crippen LogP contribution in [-0.4, -0.2) is 12.4 Å². The summed E-state index contributed by atoms with van der Waals surface area (Å²) in [4.78, 5) is 11.4. The lowest BCUT2D eigenvalue weighted by Crippen LogP contribution is -2.00. The summed E-state index contributed by atoms with van der Waals surface area (Å²) < 4.78 is 18.4. The zero-order chi connectivity index (χ0) is 12.0. The normalized spacial score (nSPS) is 10.7. The molecule has 0 N–H and O–H groups in total. The van der Waals surface area contributed by atoms with Gasteiger partial charge in [0.15, 0.2) is 5.78 Å². The van der Waals surface area contributed by atoms with E-state index in [1.54, 1.807) is 12.1 Å². The zero-order valence-corrected chi connectivity index (χ0v) is 10.5. The first kappa shape index (κ1) is 12.9. The number of benzene rings is 1. The molecule has 0 aromatic heterocycles. The summed E-state index contributed by atoms with van der Waals surface area (Å²) in [5.41, 5.74) is 0.631. The van der Waals surface area contributed by atoms with Crippen molar-refractivity contribution >= 4 is 21.7 Å². The molecule has 0 amide bonds. The van der Waals surface area contributed by atoms with E-state index in [4.69, 9.17) is 4.74 Å². The van der Waals surface area contributed by atoms with Crippen molar-refractivity contribution in [2.75, 3.05) is 6.61 Å². The largest absolute Gasteiger partial charge is 0.501 e. The lowest BCUT2D eigenvalue weighted by molar-refractivity contribution is -0.114. The number of carbonyl (C=O) groups is 1.